The Bertz CT molecular complexity index is 758. The number of carbonyl (C=O) groups is 1. The highest BCUT2D eigenvalue weighted by Crippen LogP contribution is 2.34. The van der Waals surface area contributed by atoms with Gasteiger partial charge in [-0.2, -0.15) is 4.98 Å². The molecule has 2 fully saturated rings. The van der Waals surface area contributed by atoms with Crippen LogP contribution < -0.4 is 0 Å². The zero-order valence-corrected chi connectivity index (χ0v) is 13.9. The number of halogens is 1. The van der Waals surface area contributed by atoms with Crippen molar-refractivity contribution >= 4 is 5.91 Å². The zero-order chi connectivity index (χ0) is 17.2. The summed E-state index contributed by atoms with van der Waals surface area (Å²) in [6.07, 6.45) is 3.41. The van der Waals surface area contributed by atoms with Gasteiger partial charge < -0.3 is 14.2 Å². The highest BCUT2D eigenvalue weighted by Gasteiger charge is 2.35. The van der Waals surface area contributed by atoms with Crippen LogP contribution in [0.5, 0.6) is 0 Å². The van der Waals surface area contributed by atoms with E-state index in [1.165, 1.54) is 12.1 Å². The molecule has 1 aromatic heterocycles. The van der Waals surface area contributed by atoms with Crippen molar-refractivity contribution in [3.63, 3.8) is 0 Å². The van der Waals surface area contributed by atoms with Gasteiger partial charge in [0.25, 0.3) is 5.91 Å². The molecule has 0 saturated carbocycles. The van der Waals surface area contributed by atoms with Crippen LogP contribution in [0.1, 0.15) is 59.7 Å². The van der Waals surface area contributed by atoms with Gasteiger partial charge in [-0.05, 0) is 43.9 Å². The number of rotatable bonds is 3. The third-order valence-electron chi connectivity index (χ3n) is 4.91. The molecule has 2 aromatic rings. The molecule has 0 spiro atoms. The van der Waals surface area contributed by atoms with Gasteiger partial charge in [0, 0.05) is 31.2 Å². The molecule has 132 valence electrons. The van der Waals surface area contributed by atoms with E-state index in [2.05, 4.69) is 10.1 Å². The summed E-state index contributed by atoms with van der Waals surface area (Å²) in [5, 5.41) is 4.13. The maximum absolute atomic E-state index is 13.4. The maximum atomic E-state index is 13.4. The number of hydrogen-bond acceptors (Lipinski definition) is 5. The van der Waals surface area contributed by atoms with Gasteiger partial charge in [-0.25, -0.2) is 4.39 Å². The lowest BCUT2D eigenvalue weighted by atomic mass is 10.00. The molecule has 6 nitrogen and oxygen atoms in total. The van der Waals surface area contributed by atoms with Crippen LogP contribution in [0.25, 0.3) is 0 Å². The highest BCUT2D eigenvalue weighted by atomic mass is 19.1. The lowest BCUT2D eigenvalue weighted by Gasteiger charge is -2.22. The molecule has 0 N–H and O–H groups in total. The lowest BCUT2D eigenvalue weighted by Crippen LogP contribution is -2.30. The molecule has 1 aromatic carbocycles. The fourth-order valence-electron chi connectivity index (χ4n) is 3.56. The summed E-state index contributed by atoms with van der Waals surface area (Å²) in [4.78, 5) is 19.0. The van der Waals surface area contributed by atoms with Crippen LogP contribution >= 0.6 is 0 Å². The second-order valence-corrected chi connectivity index (χ2v) is 6.54. The van der Waals surface area contributed by atoms with Crippen molar-refractivity contribution < 1.29 is 18.4 Å². The molecule has 2 aliphatic rings. The smallest absolute Gasteiger partial charge is 0.254 e. The Morgan fingerprint density at radius 2 is 2.08 bits per heavy atom. The van der Waals surface area contributed by atoms with Crippen molar-refractivity contribution in [2.45, 2.75) is 37.6 Å². The van der Waals surface area contributed by atoms with Crippen LogP contribution in [0.4, 0.5) is 4.39 Å². The second-order valence-electron chi connectivity index (χ2n) is 6.54. The Morgan fingerprint density at radius 3 is 2.88 bits per heavy atom. The van der Waals surface area contributed by atoms with Gasteiger partial charge in [0.15, 0.2) is 5.82 Å². The average molecular weight is 345 g/mol. The molecule has 25 heavy (non-hydrogen) atoms. The predicted octanol–water partition coefficient (Wildman–Crippen LogP) is 3.08. The van der Waals surface area contributed by atoms with E-state index >= 15 is 0 Å². The lowest BCUT2D eigenvalue weighted by molar-refractivity contribution is 0.0709. The van der Waals surface area contributed by atoms with E-state index in [-0.39, 0.29) is 17.9 Å². The summed E-state index contributed by atoms with van der Waals surface area (Å²) in [5.41, 5.74) is 0.344. The number of likely N-dealkylation sites (tertiary alicyclic amines) is 1. The minimum absolute atomic E-state index is 0.201. The van der Waals surface area contributed by atoms with Crippen molar-refractivity contribution in [3.05, 3.63) is 47.4 Å². The van der Waals surface area contributed by atoms with E-state index in [0.29, 0.717) is 37.0 Å². The number of nitrogens with zero attached hydrogens (tertiary/aromatic N) is 3. The predicted molar refractivity (Wildman–Crippen MR) is 86.5 cm³/mol. The van der Waals surface area contributed by atoms with Gasteiger partial charge in [0.2, 0.25) is 5.89 Å². The van der Waals surface area contributed by atoms with Crippen LogP contribution in [-0.4, -0.2) is 40.7 Å². The summed E-state index contributed by atoms with van der Waals surface area (Å²) >= 11 is 0. The standard InChI is InChI=1S/C18H20FN3O3/c19-14-4-1-3-13(11-14)18(23)22-8-2-5-15(22)17-20-16(21-25-17)12-6-9-24-10-7-12/h1,3-4,11-12,15H,2,5-10H2. The van der Waals surface area contributed by atoms with E-state index in [9.17, 15) is 9.18 Å². The number of benzene rings is 1. The first-order valence-electron chi connectivity index (χ1n) is 8.70. The number of amides is 1. The number of aromatic nitrogens is 2. The minimum Gasteiger partial charge on any atom is -0.381 e. The van der Waals surface area contributed by atoms with E-state index in [4.69, 9.17) is 9.26 Å². The van der Waals surface area contributed by atoms with Crippen molar-refractivity contribution in [2.75, 3.05) is 19.8 Å². The molecule has 0 bridgehead atoms. The van der Waals surface area contributed by atoms with Crippen LogP contribution in [-0.2, 0) is 4.74 Å². The van der Waals surface area contributed by atoms with Gasteiger partial charge in [-0.1, -0.05) is 11.2 Å². The SMILES string of the molecule is O=C(c1cccc(F)c1)N1CCCC1c1nc(C2CCOCC2)no1. The van der Waals surface area contributed by atoms with Crippen LogP contribution in [0, 0.1) is 5.82 Å². The quantitative estimate of drug-likeness (QED) is 0.855. The second kappa shape index (κ2) is 6.92. The third-order valence-corrected chi connectivity index (χ3v) is 4.91. The summed E-state index contributed by atoms with van der Waals surface area (Å²) in [6, 6.07) is 5.53. The molecule has 1 unspecified atom stereocenters. The number of carbonyl (C=O) groups excluding carboxylic acids is 1. The van der Waals surface area contributed by atoms with Gasteiger partial charge in [0.05, 0.1) is 0 Å². The summed E-state index contributed by atoms with van der Waals surface area (Å²) in [7, 11) is 0. The maximum Gasteiger partial charge on any atom is 0.254 e. The van der Waals surface area contributed by atoms with Crippen LogP contribution in [0.15, 0.2) is 28.8 Å². The first-order valence-corrected chi connectivity index (χ1v) is 8.70. The highest BCUT2D eigenvalue weighted by molar-refractivity contribution is 5.94. The van der Waals surface area contributed by atoms with Gasteiger partial charge in [-0.3, -0.25) is 4.79 Å². The Balaban J connectivity index is 1.53. The molecule has 1 atom stereocenters. The normalized spacial score (nSPS) is 21.6. The molecule has 3 heterocycles. The van der Waals surface area contributed by atoms with Gasteiger partial charge in [0.1, 0.15) is 11.9 Å². The van der Waals surface area contributed by atoms with Crippen LogP contribution in [0.3, 0.4) is 0 Å². The first-order chi connectivity index (χ1) is 12.2. The minimum atomic E-state index is -0.416. The molecule has 0 radical (unpaired) electrons. The Labute approximate surface area is 145 Å². The largest absolute Gasteiger partial charge is 0.381 e. The fraction of sp³-hybridized carbons (Fsp3) is 0.500. The number of ether oxygens (including phenoxy) is 1. The Morgan fingerprint density at radius 1 is 1.24 bits per heavy atom. The monoisotopic (exact) mass is 345 g/mol. The molecular weight excluding hydrogens is 325 g/mol. The zero-order valence-electron chi connectivity index (χ0n) is 13.9. The molecular formula is C18H20FN3O3. The van der Waals surface area contributed by atoms with E-state index in [1.54, 1.807) is 17.0 Å². The Kier molecular flexibility index (Phi) is 4.48. The third kappa shape index (κ3) is 3.28. The average Bonchev–Trinajstić information content (AvgIpc) is 3.31. The molecule has 4 rings (SSSR count). The topological polar surface area (TPSA) is 68.5 Å². The van der Waals surface area contributed by atoms with E-state index in [1.807, 2.05) is 0 Å². The van der Waals surface area contributed by atoms with E-state index < -0.39 is 5.82 Å². The van der Waals surface area contributed by atoms with Crippen molar-refractivity contribution in [3.8, 4) is 0 Å². The first kappa shape index (κ1) is 16.2. The van der Waals surface area contributed by atoms with Crippen molar-refractivity contribution in [2.24, 2.45) is 0 Å². The summed E-state index contributed by atoms with van der Waals surface area (Å²) < 4.78 is 24.3. The molecule has 7 heteroatoms. The van der Waals surface area contributed by atoms with Crippen molar-refractivity contribution in [1.82, 2.24) is 15.0 Å². The Hall–Kier alpha value is -2.28. The fourth-order valence-corrected chi connectivity index (χ4v) is 3.56. The van der Waals surface area contributed by atoms with Crippen LogP contribution in [0.2, 0.25) is 0 Å². The van der Waals surface area contributed by atoms with Crippen molar-refractivity contribution in [1.29, 1.82) is 0 Å². The van der Waals surface area contributed by atoms with Gasteiger partial charge in [-0.15, -0.1) is 0 Å². The molecule has 2 saturated heterocycles. The van der Waals surface area contributed by atoms with Gasteiger partial charge >= 0.3 is 0 Å². The van der Waals surface area contributed by atoms with E-state index in [0.717, 1.165) is 25.7 Å². The molecule has 2 aliphatic heterocycles. The molecule has 1 amide bonds. The molecule has 0 aliphatic carbocycles. The summed E-state index contributed by atoms with van der Waals surface area (Å²) in [6.45, 7) is 2.03. The summed E-state index contributed by atoms with van der Waals surface area (Å²) in [5.74, 6) is 0.807. The number of hydrogen-bond donors (Lipinski definition) is 0.